The van der Waals surface area contributed by atoms with Crippen molar-refractivity contribution in [3.8, 4) is 12.3 Å². The zero-order valence-electron chi connectivity index (χ0n) is 11.7. The molecule has 2 rings (SSSR count). The van der Waals surface area contributed by atoms with E-state index in [1.54, 1.807) is 0 Å². The van der Waals surface area contributed by atoms with Crippen LogP contribution in [0.3, 0.4) is 0 Å². The predicted molar refractivity (Wildman–Crippen MR) is 75.6 cm³/mol. The lowest BCUT2D eigenvalue weighted by molar-refractivity contribution is -0.0676. The van der Waals surface area contributed by atoms with Crippen molar-refractivity contribution in [2.45, 2.75) is 24.5 Å². The van der Waals surface area contributed by atoms with Crippen molar-refractivity contribution < 1.29 is 28.6 Å². The molecule has 3 N–H and O–H groups in total. The highest BCUT2D eigenvalue weighted by Crippen LogP contribution is 2.36. The standard InChI is InChI=1S/C12H13N2O8P/c1-2-5-20-10-9(22-23(18)19)7(6-15)21-11(10)14-4-3-8(16)13-12(14)17/h1,3-4,7,9-11,15H,5-6H2,(H-,13,16,17,18,19)/p+1/t7-,9?,10?,11-/m1/s1. The molecule has 23 heavy (non-hydrogen) atoms. The summed E-state index contributed by atoms with van der Waals surface area (Å²) in [5, 5.41) is 9.35. The number of hydrogen-bond donors (Lipinski definition) is 3. The van der Waals surface area contributed by atoms with Crippen LogP contribution in [-0.2, 0) is 18.6 Å². The van der Waals surface area contributed by atoms with Crippen LogP contribution >= 0.6 is 8.25 Å². The zero-order chi connectivity index (χ0) is 17.0. The van der Waals surface area contributed by atoms with Crippen LogP contribution in [0.15, 0.2) is 21.9 Å². The van der Waals surface area contributed by atoms with Crippen LogP contribution in [0, 0.1) is 12.3 Å². The molecule has 5 atom stereocenters. The van der Waals surface area contributed by atoms with Crippen molar-refractivity contribution in [1.29, 1.82) is 0 Å². The van der Waals surface area contributed by atoms with E-state index in [1.165, 1.54) is 6.20 Å². The van der Waals surface area contributed by atoms with Gasteiger partial charge in [0.25, 0.3) is 5.56 Å². The Morgan fingerprint density at radius 3 is 2.78 bits per heavy atom. The minimum Gasteiger partial charge on any atom is -0.394 e. The number of ether oxygens (including phenoxy) is 2. The van der Waals surface area contributed by atoms with Gasteiger partial charge in [0.2, 0.25) is 0 Å². The largest absolute Gasteiger partial charge is 0.695 e. The SMILES string of the molecule is C#CCOC1C(O[P+](=O)O)[C@@H](CO)O[C@H]1n1ccc(=O)[nH]c1=O. The Kier molecular flexibility index (Phi) is 5.79. The minimum absolute atomic E-state index is 0.178. The molecule has 1 saturated heterocycles. The lowest BCUT2D eigenvalue weighted by Crippen LogP contribution is -2.40. The molecule has 1 aromatic heterocycles. The van der Waals surface area contributed by atoms with E-state index in [9.17, 15) is 19.3 Å². The van der Waals surface area contributed by atoms with Gasteiger partial charge in [-0.1, -0.05) is 5.92 Å². The fourth-order valence-electron chi connectivity index (χ4n) is 2.26. The zero-order valence-corrected chi connectivity index (χ0v) is 12.6. The highest BCUT2D eigenvalue weighted by atomic mass is 31.1. The van der Waals surface area contributed by atoms with Gasteiger partial charge >= 0.3 is 13.9 Å². The number of H-pyrrole nitrogens is 1. The summed E-state index contributed by atoms with van der Waals surface area (Å²) in [6.07, 6.45) is 2.00. The number of hydrogen-bond acceptors (Lipinski definition) is 7. The summed E-state index contributed by atoms with van der Waals surface area (Å²) in [4.78, 5) is 34.0. The highest BCUT2D eigenvalue weighted by molar-refractivity contribution is 7.32. The molecule has 1 aromatic rings. The number of nitrogens with zero attached hydrogens (tertiary/aromatic N) is 1. The molecular weight excluding hydrogens is 331 g/mol. The van der Waals surface area contributed by atoms with E-state index in [0.29, 0.717) is 0 Å². The molecule has 1 fully saturated rings. The fraction of sp³-hybridized carbons (Fsp3) is 0.500. The molecule has 11 heteroatoms. The second-order valence-electron chi connectivity index (χ2n) is 4.55. The van der Waals surface area contributed by atoms with Gasteiger partial charge in [-0.3, -0.25) is 14.3 Å². The Hall–Kier alpha value is -1.86. The third kappa shape index (κ3) is 3.92. The van der Waals surface area contributed by atoms with Crippen LogP contribution in [0.25, 0.3) is 0 Å². The first-order valence-electron chi connectivity index (χ1n) is 6.43. The summed E-state index contributed by atoms with van der Waals surface area (Å²) >= 11 is 0. The number of nitrogens with one attached hydrogen (secondary N) is 1. The number of aliphatic hydroxyl groups excluding tert-OH is 1. The fourth-order valence-corrected chi connectivity index (χ4v) is 2.72. The third-order valence-electron chi connectivity index (χ3n) is 3.16. The molecule has 0 aromatic carbocycles. The lowest BCUT2D eigenvalue weighted by atomic mass is 10.1. The molecular formula is C12H14N2O8P+. The van der Waals surface area contributed by atoms with E-state index in [1.807, 2.05) is 4.98 Å². The number of aromatic amines is 1. The summed E-state index contributed by atoms with van der Waals surface area (Å²) in [7, 11) is -3.00. The first kappa shape index (κ1) is 17.5. The first-order chi connectivity index (χ1) is 11.0. The maximum absolute atomic E-state index is 11.9. The molecule has 0 aliphatic carbocycles. The van der Waals surface area contributed by atoms with Gasteiger partial charge in [0.05, 0.1) is 6.61 Å². The summed E-state index contributed by atoms with van der Waals surface area (Å²) in [6, 6.07) is 1.09. The summed E-state index contributed by atoms with van der Waals surface area (Å²) < 4.78 is 27.7. The molecule has 0 spiro atoms. The minimum atomic E-state index is -3.00. The average Bonchev–Trinajstić information content (AvgIpc) is 2.82. The first-order valence-corrected chi connectivity index (χ1v) is 7.56. The van der Waals surface area contributed by atoms with Crippen LogP contribution < -0.4 is 11.2 Å². The van der Waals surface area contributed by atoms with Crippen molar-refractivity contribution in [2.75, 3.05) is 13.2 Å². The van der Waals surface area contributed by atoms with Gasteiger partial charge in [-0.15, -0.1) is 15.8 Å². The number of terminal acetylenes is 1. The van der Waals surface area contributed by atoms with E-state index < -0.39 is 50.7 Å². The third-order valence-corrected chi connectivity index (χ3v) is 3.59. The van der Waals surface area contributed by atoms with Crippen molar-refractivity contribution in [2.24, 2.45) is 0 Å². The molecule has 1 aliphatic heterocycles. The maximum Gasteiger partial charge on any atom is 0.695 e. The van der Waals surface area contributed by atoms with Gasteiger partial charge in [-0.05, 0) is 0 Å². The van der Waals surface area contributed by atoms with E-state index in [2.05, 4.69) is 5.92 Å². The molecule has 0 amide bonds. The number of aromatic nitrogens is 2. The topological polar surface area (TPSA) is 140 Å². The molecule has 0 saturated carbocycles. The maximum atomic E-state index is 11.9. The van der Waals surface area contributed by atoms with Gasteiger partial charge in [-0.2, -0.15) is 0 Å². The Balaban J connectivity index is 2.39. The smallest absolute Gasteiger partial charge is 0.394 e. The van der Waals surface area contributed by atoms with Crippen molar-refractivity contribution in [3.63, 3.8) is 0 Å². The van der Waals surface area contributed by atoms with E-state index in [0.717, 1.165) is 10.6 Å². The number of aliphatic hydroxyl groups is 1. The molecule has 3 unspecified atom stereocenters. The lowest BCUT2D eigenvalue weighted by Gasteiger charge is -2.20. The van der Waals surface area contributed by atoms with Gasteiger partial charge in [-0.25, -0.2) is 4.79 Å². The van der Waals surface area contributed by atoms with Crippen molar-refractivity contribution in [3.05, 3.63) is 33.1 Å². The van der Waals surface area contributed by atoms with Gasteiger partial charge in [0, 0.05) is 16.8 Å². The second-order valence-corrected chi connectivity index (χ2v) is 5.24. The molecule has 0 bridgehead atoms. The van der Waals surface area contributed by atoms with Gasteiger partial charge < -0.3 is 14.6 Å². The van der Waals surface area contributed by atoms with Crippen LogP contribution in [0.1, 0.15) is 6.23 Å². The second kappa shape index (κ2) is 7.61. The summed E-state index contributed by atoms with van der Waals surface area (Å²) in [5.74, 6) is 2.22. The highest BCUT2D eigenvalue weighted by Gasteiger charge is 2.51. The Bertz CT molecular complexity index is 723. The van der Waals surface area contributed by atoms with Crippen molar-refractivity contribution >= 4 is 8.25 Å². The van der Waals surface area contributed by atoms with E-state index >= 15 is 0 Å². The Morgan fingerprint density at radius 2 is 2.22 bits per heavy atom. The molecule has 10 nitrogen and oxygen atoms in total. The van der Waals surface area contributed by atoms with E-state index in [-0.39, 0.29) is 6.61 Å². The van der Waals surface area contributed by atoms with Crippen LogP contribution in [0.2, 0.25) is 0 Å². The quantitative estimate of drug-likeness (QED) is 0.417. The Morgan fingerprint density at radius 1 is 1.48 bits per heavy atom. The van der Waals surface area contributed by atoms with Crippen LogP contribution in [0.5, 0.6) is 0 Å². The Labute approximate surface area is 130 Å². The molecule has 0 radical (unpaired) electrons. The molecule has 124 valence electrons. The van der Waals surface area contributed by atoms with Crippen LogP contribution in [-0.4, -0.2) is 51.1 Å². The normalized spacial score (nSPS) is 27.6. The van der Waals surface area contributed by atoms with Crippen LogP contribution in [0.4, 0.5) is 0 Å². The summed E-state index contributed by atoms with van der Waals surface area (Å²) in [5.41, 5.74) is -1.38. The predicted octanol–water partition coefficient (Wildman–Crippen LogP) is -1.52. The number of rotatable bonds is 6. The van der Waals surface area contributed by atoms with Gasteiger partial charge in [0.1, 0.15) is 18.8 Å². The van der Waals surface area contributed by atoms with Crippen molar-refractivity contribution in [1.82, 2.24) is 9.55 Å². The monoisotopic (exact) mass is 345 g/mol. The molecule has 2 heterocycles. The van der Waals surface area contributed by atoms with Gasteiger partial charge in [0.15, 0.2) is 12.3 Å². The van der Waals surface area contributed by atoms with E-state index in [4.69, 9.17) is 25.3 Å². The molecule has 1 aliphatic rings. The summed E-state index contributed by atoms with van der Waals surface area (Å²) in [6.45, 7) is -0.721. The average molecular weight is 345 g/mol.